The molecule has 0 aliphatic rings. The molecule has 0 fully saturated rings. The van der Waals surface area contributed by atoms with E-state index in [2.05, 4.69) is 4.98 Å². The van der Waals surface area contributed by atoms with E-state index in [1.165, 1.54) is 4.57 Å². The molecule has 0 saturated carbocycles. The van der Waals surface area contributed by atoms with E-state index in [4.69, 9.17) is 9.47 Å². The number of rotatable bonds is 7. The molecule has 150 valence electrons. The molecule has 7 nitrogen and oxygen atoms in total. The second kappa shape index (κ2) is 9.38. The Morgan fingerprint density at radius 3 is 2.17 bits per heavy atom. The molecule has 0 spiro atoms. The van der Waals surface area contributed by atoms with Crippen LogP contribution in [0, 0.1) is 0 Å². The first-order chi connectivity index (χ1) is 14.1. The number of hydrogen-bond acceptors (Lipinski definition) is 7. The van der Waals surface area contributed by atoms with E-state index in [9.17, 15) is 14.4 Å². The van der Waals surface area contributed by atoms with Gasteiger partial charge in [0.15, 0.2) is 5.16 Å². The van der Waals surface area contributed by atoms with Gasteiger partial charge in [0.05, 0.1) is 29.8 Å². The fraction of sp³-hybridized carbons (Fsp3) is 0.238. The first kappa shape index (κ1) is 20.6. The summed E-state index contributed by atoms with van der Waals surface area (Å²) in [6.45, 7) is 3.54. The lowest BCUT2D eigenvalue weighted by Crippen LogP contribution is -2.32. The van der Waals surface area contributed by atoms with Crippen LogP contribution in [-0.2, 0) is 19.1 Å². The number of ether oxygens (including phenoxy) is 2. The lowest BCUT2D eigenvalue weighted by atomic mass is 10.2. The monoisotopic (exact) mass is 412 g/mol. The minimum absolute atomic E-state index is 0.117. The average molecular weight is 412 g/mol. The highest BCUT2D eigenvalue weighted by atomic mass is 32.2. The van der Waals surface area contributed by atoms with Gasteiger partial charge < -0.3 is 9.47 Å². The number of carbonyl (C=O) groups is 2. The summed E-state index contributed by atoms with van der Waals surface area (Å²) in [6.07, 6.45) is 0. The highest BCUT2D eigenvalue weighted by Crippen LogP contribution is 2.27. The van der Waals surface area contributed by atoms with Gasteiger partial charge in [-0.15, -0.1) is 0 Å². The van der Waals surface area contributed by atoms with E-state index < -0.39 is 17.2 Å². The van der Waals surface area contributed by atoms with Crippen LogP contribution in [0.5, 0.6) is 0 Å². The largest absolute Gasteiger partial charge is 0.465 e. The van der Waals surface area contributed by atoms with Crippen molar-refractivity contribution >= 4 is 34.6 Å². The summed E-state index contributed by atoms with van der Waals surface area (Å²) in [5.41, 5.74) is 0.749. The minimum Gasteiger partial charge on any atom is -0.465 e. The van der Waals surface area contributed by atoms with Crippen LogP contribution in [0.2, 0.25) is 0 Å². The van der Waals surface area contributed by atoms with Crippen LogP contribution in [0.4, 0.5) is 0 Å². The van der Waals surface area contributed by atoms with Gasteiger partial charge in [-0.2, -0.15) is 0 Å². The van der Waals surface area contributed by atoms with Gasteiger partial charge in [-0.25, -0.2) is 4.98 Å². The van der Waals surface area contributed by atoms with Crippen LogP contribution in [0.3, 0.4) is 0 Å². The Morgan fingerprint density at radius 2 is 1.55 bits per heavy atom. The van der Waals surface area contributed by atoms with Gasteiger partial charge in [-0.1, -0.05) is 42.1 Å². The van der Waals surface area contributed by atoms with Crippen LogP contribution in [0.15, 0.2) is 64.5 Å². The predicted molar refractivity (Wildman–Crippen MR) is 110 cm³/mol. The van der Waals surface area contributed by atoms with Gasteiger partial charge in [0.25, 0.3) is 5.56 Å². The summed E-state index contributed by atoms with van der Waals surface area (Å²) in [4.78, 5) is 42.5. The number of aromatic nitrogens is 2. The summed E-state index contributed by atoms with van der Waals surface area (Å²) < 4.78 is 11.4. The van der Waals surface area contributed by atoms with Crippen molar-refractivity contribution in [1.29, 1.82) is 0 Å². The Hall–Kier alpha value is -3.13. The SMILES string of the molecule is CCOC(=O)C(Sc1nc2ccccc2c(=O)n1-c1ccccc1)C(=O)OCC. The van der Waals surface area contributed by atoms with Gasteiger partial charge in [-0.3, -0.25) is 19.0 Å². The molecule has 8 heteroatoms. The van der Waals surface area contributed by atoms with Crippen molar-refractivity contribution in [3.8, 4) is 5.69 Å². The van der Waals surface area contributed by atoms with E-state index in [0.717, 1.165) is 11.8 Å². The Bertz CT molecular complexity index is 1060. The summed E-state index contributed by atoms with van der Waals surface area (Å²) in [7, 11) is 0. The van der Waals surface area contributed by atoms with Crippen LogP contribution >= 0.6 is 11.8 Å². The van der Waals surface area contributed by atoms with E-state index >= 15 is 0 Å². The zero-order chi connectivity index (χ0) is 20.8. The molecule has 1 heterocycles. The molecule has 0 aliphatic carbocycles. The number of hydrogen-bond donors (Lipinski definition) is 0. The quantitative estimate of drug-likeness (QED) is 0.255. The topological polar surface area (TPSA) is 87.5 Å². The molecule has 0 N–H and O–H groups in total. The van der Waals surface area contributed by atoms with E-state index in [-0.39, 0.29) is 23.9 Å². The second-order valence-corrected chi connectivity index (χ2v) is 6.96. The van der Waals surface area contributed by atoms with Gasteiger partial charge in [-0.05, 0) is 38.1 Å². The fourth-order valence-electron chi connectivity index (χ4n) is 2.73. The van der Waals surface area contributed by atoms with Crippen LogP contribution in [0.1, 0.15) is 13.8 Å². The number of thioether (sulfide) groups is 1. The predicted octanol–water partition coefficient (Wildman–Crippen LogP) is 2.97. The van der Waals surface area contributed by atoms with Gasteiger partial charge >= 0.3 is 11.9 Å². The molecule has 0 saturated heterocycles. The Labute approximate surface area is 171 Å². The Kier molecular flexibility index (Phi) is 6.66. The van der Waals surface area contributed by atoms with Gasteiger partial charge in [0.1, 0.15) is 0 Å². The Morgan fingerprint density at radius 1 is 0.966 bits per heavy atom. The van der Waals surface area contributed by atoms with Crippen molar-refractivity contribution in [3.63, 3.8) is 0 Å². The number of nitrogens with zero attached hydrogens (tertiary/aromatic N) is 2. The molecule has 2 aromatic carbocycles. The minimum atomic E-state index is -1.29. The summed E-state index contributed by atoms with van der Waals surface area (Å²) in [6, 6.07) is 15.8. The standard InChI is InChI=1S/C21H20N2O5S/c1-3-27-19(25)17(20(26)28-4-2)29-21-22-16-13-9-8-12-15(16)18(24)23(21)14-10-6-5-7-11-14/h5-13,17H,3-4H2,1-2H3. The van der Waals surface area contributed by atoms with Gasteiger partial charge in [0.2, 0.25) is 5.25 Å². The van der Waals surface area contributed by atoms with E-state index in [1.54, 1.807) is 62.4 Å². The maximum Gasteiger partial charge on any atom is 0.331 e. The molecule has 0 amide bonds. The second-order valence-electron chi connectivity index (χ2n) is 5.89. The number of para-hydroxylation sites is 2. The maximum atomic E-state index is 13.2. The van der Waals surface area contributed by atoms with Crippen LogP contribution < -0.4 is 5.56 Å². The molecule has 0 aliphatic heterocycles. The lowest BCUT2D eigenvalue weighted by molar-refractivity contribution is -0.152. The summed E-state index contributed by atoms with van der Waals surface area (Å²) in [5.74, 6) is -1.48. The first-order valence-electron chi connectivity index (χ1n) is 9.14. The van der Waals surface area contributed by atoms with E-state index in [0.29, 0.717) is 16.6 Å². The smallest absolute Gasteiger partial charge is 0.331 e. The third-order valence-electron chi connectivity index (χ3n) is 3.98. The molecule has 29 heavy (non-hydrogen) atoms. The normalized spacial score (nSPS) is 10.9. The van der Waals surface area contributed by atoms with Crippen molar-refractivity contribution < 1.29 is 19.1 Å². The molecule has 1 aromatic heterocycles. The highest BCUT2D eigenvalue weighted by molar-refractivity contribution is 8.01. The van der Waals surface area contributed by atoms with Crippen molar-refractivity contribution in [2.75, 3.05) is 13.2 Å². The number of carbonyl (C=O) groups excluding carboxylic acids is 2. The molecule has 0 atom stereocenters. The number of esters is 2. The van der Waals surface area contributed by atoms with Crippen LogP contribution in [-0.4, -0.2) is 40.0 Å². The maximum absolute atomic E-state index is 13.2. The van der Waals surface area contributed by atoms with Crippen molar-refractivity contribution in [2.45, 2.75) is 24.3 Å². The third-order valence-corrected chi connectivity index (χ3v) is 5.09. The molecular weight excluding hydrogens is 392 g/mol. The molecule has 0 unspecified atom stereocenters. The molecule has 3 aromatic rings. The van der Waals surface area contributed by atoms with Crippen molar-refractivity contribution in [3.05, 3.63) is 65.0 Å². The Balaban J connectivity index is 2.17. The molecule has 0 radical (unpaired) electrons. The fourth-order valence-corrected chi connectivity index (χ4v) is 3.71. The van der Waals surface area contributed by atoms with Crippen molar-refractivity contribution in [2.24, 2.45) is 0 Å². The van der Waals surface area contributed by atoms with Gasteiger partial charge in [0, 0.05) is 0 Å². The molecular formula is C21H20N2O5S. The molecule has 3 rings (SSSR count). The first-order valence-corrected chi connectivity index (χ1v) is 10.0. The summed E-state index contributed by atoms with van der Waals surface area (Å²) in [5, 5.41) is -0.659. The average Bonchev–Trinajstić information content (AvgIpc) is 2.73. The highest BCUT2D eigenvalue weighted by Gasteiger charge is 2.33. The number of fused-ring (bicyclic) bond motifs is 1. The zero-order valence-electron chi connectivity index (χ0n) is 16.0. The van der Waals surface area contributed by atoms with Crippen LogP contribution in [0.25, 0.3) is 16.6 Å². The van der Waals surface area contributed by atoms with Crippen molar-refractivity contribution in [1.82, 2.24) is 9.55 Å². The summed E-state index contributed by atoms with van der Waals surface area (Å²) >= 11 is 0.838. The van der Waals surface area contributed by atoms with E-state index in [1.807, 2.05) is 6.07 Å². The number of benzene rings is 2. The molecule has 0 bridgehead atoms. The third kappa shape index (κ3) is 4.48. The lowest BCUT2D eigenvalue weighted by Gasteiger charge is -2.17. The zero-order valence-corrected chi connectivity index (χ0v) is 16.8.